The number of halogens is 1. The number of methoxy groups -OCH3 is 1. The highest BCUT2D eigenvalue weighted by molar-refractivity contribution is 5.86. The van der Waals surface area contributed by atoms with Crippen LogP contribution in [0.3, 0.4) is 0 Å². The minimum Gasteiger partial charge on any atom is -0.466 e. The van der Waals surface area contributed by atoms with Gasteiger partial charge in [0.05, 0.1) is 18.8 Å². The fourth-order valence-corrected chi connectivity index (χ4v) is 4.03. The summed E-state index contributed by atoms with van der Waals surface area (Å²) in [5.41, 5.74) is 3.73. The highest BCUT2D eigenvalue weighted by Crippen LogP contribution is 2.33. The summed E-state index contributed by atoms with van der Waals surface area (Å²) in [4.78, 5) is 13.6. The van der Waals surface area contributed by atoms with Crippen molar-refractivity contribution in [2.45, 2.75) is 25.3 Å². The number of esters is 1. The van der Waals surface area contributed by atoms with Gasteiger partial charge in [-0.15, -0.1) is 0 Å². The Kier molecular flexibility index (Phi) is 5.71. The number of fused-ring (bicyclic) bond motifs is 1. The number of pyridine rings is 1. The van der Waals surface area contributed by atoms with Gasteiger partial charge < -0.3 is 4.74 Å². The molecule has 0 spiro atoms. The van der Waals surface area contributed by atoms with Crippen LogP contribution in [0.4, 0.5) is 4.39 Å². The topological polar surface area (TPSA) is 46.8 Å². The van der Waals surface area contributed by atoms with E-state index in [1.807, 2.05) is 35.1 Å². The predicted octanol–water partition coefficient (Wildman–Crippen LogP) is 4.04. The van der Waals surface area contributed by atoms with E-state index in [9.17, 15) is 9.18 Å². The number of aromatic nitrogens is 2. The summed E-state index contributed by atoms with van der Waals surface area (Å²) in [5, 5.41) is 4.41. The van der Waals surface area contributed by atoms with Gasteiger partial charge in [-0.3, -0.25) is 4.90 Å². The molecule has 1 saturated heterocycles. The van der Waals surface area contributed by atoms with Gasteiger partial charge in [0.2, 0.25) is 0 Å². The van der Waals surface area contributed by atoms with E-state index in [0.717, 1.165) is 43.4 Å². The Bertz CT molecular complexity index is 1040. The highest BCUT2D eigenvalue weighted by atomic mass is 19.1. The third-order valence-electron chi connectivity index (χ3n) is 5.55. The summed E-state index contributed by atoms with van der Waals surface area (Å²) in [6.07, 6.45) is 9.60. The SMILES string of the molecule is COC(=O)/C=C/c1ccc([C@@H]2CCCN2CCc2cnn3ccccc23)cc1F. The van der Waals surface area contributed by atoms with Crippen LogP contribution >= 0.6 is 0 Å². The van der Waals surface area contributed by atoms with Crippen molar-refractivity contribution >= 4 is 17.6 Å². The van der Waals surface area contributed by atoms with E-state index >= 15 is 0 Å². The van der Waals surface area contributed by atoms with Gasteiger partial charge in [-0.25, -0.2) is 13.7 Å². The second-order valence-electron chi connectivity index (χ2n) is 7.28. The summed E-state index contributed by atoms with van der Waals surface area (Å²) in [5.74, 6) is -0.819. The van der Waals surface area contributed by atoms with Crippen molar-refractivity contribution in [3.8, 4) is 0 Å². The van der Waals surface area contributed by atoms with Crippen molar-refractivity contribution in [3.05, 3.63) is 77.4 Å². The van der Waals surface area contributed by atoms with E-state index in [2.05, 4.69) is 20.8 Å². The van der Waals surface area contributed by atoms with Gasteiger partial charge in [0.15, 0.2) is 0 Å². The van der Waals surface area contributed by atoms with E-state index in [-0.39, 0.29) is 11.9 Å². The predicted molar refractivity (Wildman–Crippen MR) is 110 cm³/mol. The van der Waals surface area contributed by atoms with Crippen LogP contribution in [0.2, 0.25) is 0 Å². The number of benzene rings is 1. The second kappa shape index (κ2) is 8.57. The number of hydrogen-bond donors (Lipinski definition) is 0. The summed E-state index contributed by atoms with van der Waals surface area (Å²) < 4.78 is 21.0. The second-order valence-corrected chi connectivity index (χ2v) is 7.28. The average Bonchev–Trinajstić information content (AvgIpc) is 3.38. The molecule has 0 saturated carbocycles. The Morgan fingerprint density at radius 3 is 3.07 bits per heavy atom. The fraction of sp³-hybridized carbons (Fsp3) is 0.304. The number of likely N-dealkylation sites (tertiary alicyclic amines) is 1. The van der Waals surface area contributed by atoms with Gasteiger partial charge in [-0.2, -0.15) is 5.10 Å². The molecule has 1 aromatic carbocycles. The normalized spacial score (nSPS) is 17.4. The van der Waals surface area contributed by atoms with Crippen molar-refractivity contribution in [2.24, 2.45) is 0 Å². The molecule has 1 atom stereocenters. The number of hydrogen-bond acceptors (Lipinski definition) is 4. The Balaban J connectivity index is 1.46. The first-order valence-electron chi connectivity index (χ1n) is 9.86. The molecule has 0 aliphatic carbocycles. The lowest BCUT2D eigenvalue weighted by atomic mass is 10.0. The maximum absolute atomic E-state index is 14.5. The van der Waals surface area contributed by atoms with Crippen LogP contribution in [0.25, 0.3) is 11.6 Å². The lowest BCUT2D eigenvalue weighted by molar-refractivity contribution is -0.134. The maximum atomic E-state index is 14.5. The standard InChI is InChI=1S/C23H24FN3O2/c1-29-23(28)10-9-17-7-8-18(15-20(17)24)21-6-4-12-26(21)14-11-19-16-25-27-13-3-2-5-22(19)27/h2-3,5,7-10,13,15-16,21H,4,6,11-12,14H2,1H3/b10-9+/t21-/m0/s1. The van der Waals surface area contributed by atoms with Crippen LogP contribution in [0.15, 0.2) is 54.9 Å². The molecule has 0 unspecified atom stereocenters. The molecule has 3 heterocycles. The van der Waals surface area contributed by atoms with Crippen molar-refractivity contribution in [1.29, 1.82) is 0 Å². The molecular formula is C23H24FN3O2. The molecule has 150 valence electrons. The largest absolute Gasteiger partial charge is 0.466 e. The fourth-order valence-electron chi connectivity index (χ4n) is 4.03. The molecular weight excluding hydrogens is 369 g/mol. The molecule has 4 rings (SSSR count). The van der Waals surface area contributed by atoms with E-state index < -0.39 is 5.97 Å². The highest BCUT2D eigenvalue weighted by Gasteiger charge is 2.26. The maximum Gasteiger partial charge on any atom is 0.330 e. The van der Waals surface area contributed by atoms with E-state index in [0.29, 0.717) is 5.56 Å². The number of carbonyl (C=O) groups is 1. The Labute approximate surface area is 169 Å². The first-order valence-corrected chi connectivity index (χ1v) is 9.86. The molecule has 1 aliphatic rings. The van der Waals surface area contributed by atoms with Crippen LogP contribution in [-0.2, 0) is 16.0 Å². The first kappa shape index (κ1) is 19.3. The smallest absolute Gasteiger partial charge is 0.330 e. The van der Waals surface area contributed by atoms with Crippen LogP contribution in [0.1, 0.15) is 35.6 Å². The van der Waals surface area contributed by atoms with Crippen molar-refractivity contribution in [3.63, 3.8) is 0 Å². The van der Waals surface area contributed by atoms with Crippen molar-refractivity contribution in [1.82, 2.24) is 14.5 Å². The van der Waals surface area contributed by atoms with E-state index in [1.54, 1.807) is 12.1 Å². The first-order chi connectivity index (χ1) is 14.2. The Morgan fingerprint density at radius 2 is 2.24 bits per heavy atom. The Morgan fingerprint density at radius 1 is 1.34 bits per heavy atom. The third-order valence-corrected chi connectivity index (χ3v) is 5.55. The minimum atomic E-state index is -0.497. The zero-order valence-electron chi connectivity index (χ0n) is 16.4. The minimum absolute atomic E-state index is 0.213. The summed E-state index contributed by atoms with van der Waals surface area (Å²) in [6.45, 7) is 1.92. The third kappa shape index (κ3) is 4.22. The molecule has 2 aromatic heterocycles. The molecule has 1 aliphatic heterocycles. The van der Waals surface area contributed by atoms with Crippen molar-refractivity contribution < 1.29 is 13.9 Å². The zero-order valence-corrected chi connectivity index (χ0v) is 16.4. The lowest BCUT2D eigenvalue weighted by Gasteiger charge is -2.25. The van der Waals surface area contributed by atoms with Crippen LogP contribution in [0.5, 0.6) is 0 Å². The molecule has 0 radical (unpaired) electrons. The van der Waals surface area contributed by atoms with Crippen LogP contribution in [0, 0.1) is 5.82 Å². The number of rotatable bonds is 6. The average molecular weight is 393 g/mol. The van der Waals surface area contributed by atoms with E-state index in [4.69, 9.17) is 0 Å². The summed E-state index contributed by atoms with van der Waals surface area (Å²) >= 11 is 0. The van der Waals surface area contributed by atoms with Crippen LogP contribution < -0.4 is 0 Å². The van der Waals surface area contributed by atoms with Gasteiger partial charge in [-0.1, -0.05) is 18.2 Å². The summed E-state index contributed by atoms with van der Waals surface area (Å²) in [7, 11) is 1.30. The molecule has 29 heavy (non-hydrogen) atoms. The number of nitrogens with zero attached hydrogens (tertiary/aromatic N) is 3. The monoisotopic (exact) mass is 393 g/mol. The molecule has 1 fully saturated rings. The zero-order chi connectivity index (χ0) is 20.2. The quantitative estimate of drug-likeness (QED) is 0.468. The molecule has 3 aromatic rings. The summed E-state index contributed by atoms with van der Waals surface area (Å²) in [6, 6.07) is 11.6. The Hall–Kier alpha value is -2.99. The number of ether oxygens (including phenoxy) is 1. The van der Waals surface area contributed by atoms with Gasteiger partial charge in [0, 0.05) is 30.4 Å². The molecule has 0 N–H and O–H groups in total. The van der Waals surface area contributed by atoms with Crippen LogP contribution in [-0.4, -0.2) is 40.7 Å². The van der Waals surface area contributed by atoms with E-state index in [1.165, 1.54) is 24.8 Å². The van der Waals surface area contributed by atoms with Gasteiger partial charge in [0.1, 0.15) is 5.82 Å². The molecule has 6 heteroatoms. The van der Waals surface area contributed by atoms with Gasteiger partial charge >= 0.3 is 5.97 Å². The molecule has 0 bridgehead atoms. The molecule has 0 amide bonds. The van der Waals surface area contributed by atoms with Gasteiger partial charge in [0.25, 0.3) is 0 Å². The molecule has 5 nitrogen and oxygen atoms in total. The van der Waals surface area contributed by atoms with Crippen molar-refractivity contribution in [2.75, 3.05) is 20.2 Å². The lowest BCUT2D eigenvalue weighted by Crippen LogP contribution is -2.25. The van der Waals surface area contributed by atoms with Gasteiger partial charge in [-0.05, 0) is 61.2 Å². The number of carbonyl (C=O) groups excluding carboxylic acids is 1.